The summed E-state index contributed by atoms with van der Waals surface area (Å²) in [5.41, 5.74) is 1.16. The first-order valence-electron chi connectivity index (χ1n) is 3.02. The van der Waals surface area contributed by atoms with Gasteiger partial charge in [0.15, 0.2) is 0 Å². The van der Waals surface area contributed by atoms with Gasteiger partial charge in [-0.25, -0.2) is 0 Å². The maximum atomic E-state index is 3.06. The summed E-state index contributed by atoms with van der Waals surface area (Å²) >= 11 is 2.27. The minimum atomic E-state index is 1.16. The number of hydrogen-bond donors (Lipinski definition) is 1. The van der Waals surface area contributed by atoms with Crippen LogP contribution in [-0.2, 0) is 0 Å². The van der Waals surface area contributed by atoms with Crippen molar-refractivity contribution in [3.8, 4) is 0 Å². The van der Waals surface area contributed by atoms with E-state index >= 15 is 0 Å². The quantitative estimate of drug-likeness (QED) is 0.683. The molecule has 0 saturated carbocycles. The van der Waals surface area contributed by atoms with Crippen LogP contribution in [0.3, 0.4) is 0 Å². The van der Waals surface area contributed by atoms with Crippen molar-refractivity contribution in [2.45, 2.75) is 0 Å². The van der Waals surface area contributed by atoms with Crippen molar-refractivity contribution >= 4 is 33.5 Å². The Labute approximate surface area is 72.6 Å². The van der Waals surface area contributed by atoms with Gasteiger partial charge in [0.25, 0.3) is 0 Å². The molecule has 2 heteroatoms. The van der Waals surface area contributed by atoms with Crippen LogP contribution in [-0.4, -0.2) is 4.98 Å². The van der Waals surface area contributed by atoms with Crippen LogP contribution in [0.15, 0.2) is 24.3 Å². The third kappa shape index (κ3) is 0.831. The molecule has 2 aromatic rings. The molecule has 0 spiro atoms. The zero-order valence-electron chi connectivity index (χ0n) is 5.19. The molecule has 0 saturated heterocycles. The van der Waals surface area contributed by atoms with Gasteiger partial charge in [-0.3, -0.25) is 0 Å². The highest BCUT2D eigenvalue weighted by Gasteiger charge is 1.96. The number of fused-ring (bicyclic) bond motifs is 1. The smallest absolute Gasteiger partial charge is 0.0777 e. The monoisotopic (exact) mass is 242 g/mol. The summed E-state index contributed by atoms with van der Waals surface area (Å²) in [5, 5.41) is 1.25. The molecule has 0 aliphatic heterocycles. The second kappa shape index (κ2) is 2.27. The molecule has 1 aromatic carbocycles. The Bertz CT molecular complexity index is 351. The molecule has 0 aliphatic carbocycles. The predicted octanol–water partition coefficient (Wildman–Crippen LogP) is 2.57. The van der Waals surface area contributed by atoms with Gasteiger partial charge in [-0.15, -0.1) is 0 Å². The SMILES string of the molecule is Ic1[c][nH]c2ccccc12. The number of H-pyrrole nitrogens is 1. The third-order valence-corrected chi connectivity index (χ3v) is 2.32. The van der Waals surface area contributed by atoms with E-state index in [2.05, 4.69) is 39.8 Å². The summed E-state index contributed by atoms with van der Waals surface area (Å²) in [6, 6.07) is 8.19. The summed E-state index contributed by atoms with van der Waals surface area (Å²) in [6.45, 7) is 0. The standard InChI is InChI=1S/C8H5IN/c9-7-5-10-8-4-2-1-3-6(7)8/h1-4,10H. The van der Waals surface area contributed by atoms with Crippen LogP contribution >= 0.6 is 22.6 Å². The van der Waals surface area contributed by atoms with Crippen molar-refractivity contribution < 1.29 is 0 Å². The van der Waals surface area contributed by atoms with Gasteiger partial charge in [-0.1, -0.05) is 18.2 Å². The fourth-order valence-corrected chi connectivity index (χ4v) is 1.58. The Morgan fingerprint density at radius 3 is 2.90 bits per heavy atom. The molecule has 1 radical (unpaired) electrons. The van der Waals surface area contributed by atoms with Crippen LogP contribution in [0, 0.1) is 9.77 Å². The minimum Gasteiger partial charge on any atom is -0.352 e. The summed E-state index contributed by atoms with van der Waals surface area (Å²) in [6.07, 6.45) is 3.04. The van der Waals surface area contributed by atoms with E-state index in [9.17, 15) is 0 Å². The molecule has 0 atom stereocenters. The molecule has 1 N–H and O–H groups in total. The molecule has 0 fully saturated rings. The van der Waals surface area contributed by atoms with E-state index in [0.717, 1.165) is 9.09 Å². The largest absolute Gasteiger partial charge is 0.352 e. The van der Waals surface area contributed by atoms with Gasteiger partial charge in [-0.05, 0) is 28.7 Å². The van der Waals surface area contributed by atoms with E-state index in [0.29, 0.717) is 0 Å². The van der Waals surface area contributed by atoms with Crippen molar-refractivity contribution in [1.29, 1.82) is 0 Å². The van der Waals surface area contributed by atoms with Gasteiger partial charge < -0.3 is 4.98 Å². The molecule has 10 heavy (non-hydrogen) atoms. The van der Waals surface area contributed by atoms with Gasteiger partial charge in [0, 0.05) is 14.5 Å². The molecule has 1 aromatic heterocycles. The number of nitrogens with one attached hydrogen (secondary N) is 1. The van der Waals surface area contributed by atoms with E-state index in [1.165, 1.54) is 5.39 Å². The van der Waals surface area contributed by atoms with Gasteiger partial charge in [0.1, 0.15) is 0 Å². The van der Waals surface area contributed by atoms with E-state index in [-0.39, 0.29) is 0 Å². The predicted molar refractivity (Wildman–Crippen MR) is 49.9 cm³/mol. The highest BCUT2D eigenvalue weighted by Crippen LogP contribution is 2.17. The van der Waals surface area contributed by atoms with Crippen molar-refractivity contribution in [3.63, 3.8) is 0 Å². The lowest BCUT2D eigenvalue weighted by molar-refractivity contribution is 1.44. The third-order valence-electron chi connectivity index (χ3n) is 1.47. The number of rotatable bonds is 0. The van der Waals surface area contributed by atoms with Crippen LogP contribution in [0.1, 0.15) is 0 Å². The number of benzene rings is 1. The first kappa shape index (κ1) is 6.22. The van der Waals surface area contributed by atoms with Crippen LogP contribution in [0.5, 0.6) is 0 Å². The number of para-hydroxylation sites is 1. The second-order valence-electron chi connectivity index (χ2n) is 2.11. The fourth-order valence-electron chi connectivity index (χ4n) is 0.973. The lowest BCUT2D eigenvalue weighted by Crippen LogP contribution is -1.64. The van der Waals surface area contributed by atoms with E-state index in [1.807, 2.05) is 18.2 Å². The van der Waals surface area contributed by atoms with Gasteiger partial charge in [-0.2, -0.15) is 0 Å². The Morgan fingerprint density at radius 1 is 1.30 bits per heavy atom. The molecule has 2 rings (SSSR count). The number of aromatic amines is 1. The molecule has 0 aliphatic rings. The lowest BCUT2D eigenvalue weighted by Gasteiger charge is -1.85. The van der Waals surface area contributed by atoms with E-state index in [4.69, 9.17) is 0 Å². The zero-order chi connectivity index (χ0) is 6.97. The normalized spacial score (nSPS) is 10.5. The van der Waals surface area contributed by atoms with Crippen LogP contribution < -0.4 is 0 Å². The average Bonchev–Trinajstić information content (AvgIpc) is 2.34. The van der Waals surface area contributed by atoms with Crippen LogP contribution in [0.25, 0.3) is 10.9 Å². The molecule has 1 nitrogen and oxygen atoms in total. The van der Waals surface area contributed by atoms with Crippen molar-refractivity contribution in [1.82, 2.24) is 4.98 Å². The minimum absolute atomic E-state index is 1.16. The Kier molecular flexibility index (Phi) is 1.41. The molecular weight excluding hydrogens is 237 g/mol. The van der Waals surface area contributed by atoms with E-state index in [1.54, 1.807) is 0 Å². The lowest BCUT2D eigenvalue weighted by atomic mass is 10.3. The van der Waals surface area contributed by atoms with Crippen molar-refractivity contribution in [2.75, 3.05) is 0 Å². The Morgan fingerprint density at radius 2 is 2.10 bits per heavy atom. The van der Waals surface area contributed by atoms with Crippen LogP contribution in [0.4, 0.5) is 0 Å². The first-order chi connectivity index (χ1) is 4.88. The highest BCUT2D eigenvalue weighted by molar-refractivity contribution is 14.1. The molecule has 0 unspecified atom stereocenters. The summed E-state index contributed by atoms with van der Waals surface area (Å²) in [4.78, 5) is 3.06. The Balaban J connectivity index is 2.93. The van der Waals surface area contributed by atoms with Crippen LogP contribution in [0.2, 0.25) is 0 Å². The van der Waals surface area contributed by atoms with Gasteiger partial charge in [0.2, 0.25) is 0 Å². The fraction of sp³-hybridized carbons (Fsp3) is 0. The number of hydrogen-bond acceptors (Lipinski definition) is 0. The summed E-state index contributed by atoms with van der Waals surface area (Å²) in [7, 11) is 0. The average molecular weight is 242 g/mol. The summed E-state index contributed by atoms with van der Waals surface area (Å²) < 4.78 is 1.16. The van der Waals surface area contributed by atoms with Crippen molar-refractivity contribution in [3.05, 3.63) is 34.0 Å². The Hall–Kier alpha value is -0.510. The van der Waals surface area contributed by atoms with Gasteiger partial charge >= 0.3 is 0 Å². The summed E-state index contributed by atoms with van der Waals surface area (Å²) in [5.74, 6) is 0. The zero-order valence-corrected chi connectivity index (χ0v) is 7.34. The number of aromatic nitrogens is 1. The second-order valence-corrected chi connectivity index (χ2v) is 3.19. The topological polar surface area (TPSA) is 15.8 Å². The molecule has 0 bridgehead atoms. The molecular formula is C8H5IN. The maximum Gasteiger partial charge on any atom is 0.0777 e. The molecule has 49 valence electrons. The van der Waals surface area contributed by atoms with E-state index < -0.39 is 0 Å². The van der Waals surface area contributed by atoms with Crippen molar-refractivity contribution in [2.24, 2.45) is 0 Å². The number of halogens is 1. The molecule has 1 heterocycles. The first-order valence-corrected chi connectivity index (χ1v) is 4.10. The van der Waals surface area contributed by atoms with Gasteiger partial charge in [0.05, 0.1) is 6.20 Å². The maximum absolute atomic E-state index is 3.06. The highest BCUT2D eigenvalue weighted by atomic mass is 127. The molecule has 0 amide bonds.